The van der Waals surface area contributed by atoms with Crippen molar-refractivity contribution in [1.82, 2.24) is 0 Å². The van der Waals surface area contributed by atoms with Gasteiger partial charge in [0.25, 0.3) is 0 Å². The van der Waals surface area contributed by atoms with Gasteiger partial charge in [-0.1, -0.05) is 39.2 Å². The Labute approximate surface area is 174 Å². The Bertz CT molecular complexity index is 624. The van der Waals surface area contributed by atoms with E-state index in [0.29, 0.717) is 23.0 Å². The molecule has 5 fully saturated rings. The van der Waals surface area contributed by atoms with Crippen LogP contribution < -0.4 is 0 Å². The number of hydrogen-bond donors (Lipinski definition) is 0. The topological polar surface area (TPSA) is 9.23 Å². The molecule has 1 heterocycles. The number of hydrogen-bond acceptors (Lipinski definition) is 1. The molecule has 0 radical (unpaired) electrons. The summed E-state index contributed by atoms with van der Waals surface area (Å²) < 4.78 is 6.78. The van der Waals surface area contributed by atoms with Gasteiger partial charge in [-0.15, -0.1) is 6.58 Å². The molecule has 2 unspecified atom stereocenters. The minimum absolute atomic E-state index is 0.480. The zero-order valence-electron chi connectivity index (χ0n) is 19.0. The summed E-state index contributed by atoms with van der Waals surface area (Å²) in [5.74, 6) is 5.52. The molecular formula is C27H44O. The lowest BCUT2D eigenvalue weighted by molar-refractivity contribution is -0.115. The van der Waals surface area contributed by atoms with Crippen LogP contribution in [0, 0.1) is 46.3 Å². The molecule has 0 aromatic carbocycles. The summed E-state index contributed by atoms with van der Waals surface area (Å²) in [5, 5.41) is 0. The summed E-state index contributed by atoms with van der Waals surface area (Å²) in [6.45, 7) is 14.2. The van der Waals surface area contributed by atoms with Crippen LogP contribution in [-0.4, -0.2) is 12.2 Å². The maximum absolute atomic E-state index is 6.78. The summed E-state index contributed by atoms with van der Waals surface area (Å²) in [7, 11) is 0. The SMILES string of the molecule is C=C(C)CCC1O[C@H]2C[C@H]3[C@@H]4CCC5CCCC[C@]5(C)[C@H]4CC[C@]3(C)[C@H]2[C@@H]1C. The van der Waals surface area contributed by atoms with E-state index >= 15 is 0 Å². The van der Waals surface area contributed by atoms with Crippen molar-refractivity contribution >= 4 is 0 Å². The van der Waals surface area contributed by atoms with Crippen LogP contribution in [0.2, 0.25) is 0 Å². The highest BCUT2D eigenvalue weighted by Gasteiger charge is 2.65. The van der Waals surface area contributed by atoms with Crippen molar-refractivity contribution in [3.8, 4) is 0 Å². The molecule has 158 valence electrons. The fourth-order valence-electron chi connectivity index (χ4n) is 9.70. The molecule has 0 spiro atoms. The first kappa shape index (κ1) is 19.7. The fraction of sp³-hybridized carbons (Fsp3) is 0.926. The zero-order valence-corrected chi connectivity index (χ0v) is 19.0. The van der Waals surface area contributed by atoms with Gasteiger partial charge < -0.3 is 4.74 Å². The third kappa shape index (κ3) is 2.74. The van der Waals surface area contributed by atoms with Crippen molar-refractivity contribution in [3.05, 3.63) is 12.2 Å². The molecule has 28 heavy (non-hydrogen) atoms. The van der Waals surface area contributed by atoms with E-state index in [9.17, 15) is 0 Å². The van der Waals surface area contributed by atoms with Gasteiger partial charge in [-0.2, -0.15) is 0 Å². The van der Waals surface area contributed by atoms with E-state index in [4.69, 9.17) is 4.74 Å². The lowest BCUT2D eigenvalue weighted by atomic mass is 9.44. The van der Waals surface area contributed by atoms with Gasteiger partial charge in [-0.05, 0) is 111 Å². The minimum Gasteiger partial charge on any atom is -0.374 e. The average Bonchev–Trinajstić information content (AvgIpc) is 3.13. The van der Waals surface area contributed by atoms with Gasteiger partial charge in [0.05, 0.1) is 12.2 Å². The second-order valence-electron chi connectivity index (χ2n) is 12.3. The molecule has 4 aliphatic carbocycles. The quantitative estimate of drug-likeness (QED) is 0.460. The molecular weight excluding hydrogens is 340 g/mol. The lowest BCUT2D eigenvalue weighted by Crippen LogP contribution is -2.53. The Morgan fingerprint density at radius 1 is 1.00 bits per heavy atom. The first-order valence-corrected chi connectivity index (χ1v) is 12.6. The highest BCUT2D eigenvalue weighted by atomic mass is 16.5. The van der Waals surface area contributed by atoms with E-state index in [0.717, 1.165) is 41.9 Å². The van der Waals surface area contributed by atoms with Gasteiger partial charge in [0, 0.05) is 0 Å². The number of allylic oxidation sites excluding steroid dienone is 1. The molecule has 0 aromatic heterocycles. The molecule has 1 nitrogen and oxygen atoms in total. The standard InChI is InChI=1S/C27H44O/c1-17(2)9-12-23-18(3)25-24(28-23)16-22-20-11-10-19-8-6-7-14-26(19,4)21(20)13-15-27(22,25)5/h18-25H,1,6-16H2,2-5H3/t18-,19?,20-,21+,22+,23?,24+,25+,26+,27+/m1/s1. The summed E-state index contributed by atoms with van der Waals surface area (Å²) in [4.78, 5) is 0. The first-order valence-electron chi connectivity index (χ1n) is 12.6. The van der Waals surface area contributed by atoms with Gasteiger partial charge in [-0.3, -0.25) is 0 Å². The predicted molar refractivity (Wildman–Crippen MR) is 117 cm³/mol. The smallest absolute Gasteiger partial charge is 0.0618 e. The zero-order chi connectivity index (χ0) is 19.7. The van der Waals surface area contributed by atoms with Crippen molar-refractivity contribution in [2.24, 2.45) is 46.3 Å². The molecule has 10 atom stereocenters. The highest BCUT2D eigenvalue weighted by molar-refractivity contribution is 5.14. The average molecular weight is 385 g/mol. The summed E-state index contributed by atoms with van der Waals surface area (Å²) in [6, 6.07) is 0. The van der Waals surface area contributed by atoms with Gasteiger partial charge in [0.15, 0.2) is 0 Å². The van der Waals surface area contributed by atoms with Gasteiger partial charge in [0.2, 0.25) is 0 Å². The van der Waals surface area contributed by atoms with Crippen molar-refractivity contribution < 1.29 is 4.74 Å². The number of rotatable bonds is 3. The van der Waals surface area contributed by atoms with E-state index in [-0.39, 0.29) is 0 Å². The van der Waals surface area contributed by atoms with Crippen LogP contribution in [0.15, 0.2) is 12.2 Å². The minimum atomic E-state index is 0.480. The van der Waals surface area contributed by atoms with Crippen molar-refractivity contribution in [2.45, 2.75) is 111 Å². The van der Waals surface area contributed by atoms with Crippen LogP contribution in [0.4, 0.5) is 0 Å². The van der Waals surface area contributed by atoms with E-state index in [2.05, 4.69) is 34.3 Å². The molecule has 1 saturated heterocycles. The third-order valence-electron chi connectivity index (χ3n) is 11.0. The molecule has 1 heteroatoms. The van der Waals surface area contributed by atoms with Gasteiger partial charge >= 0.3 is 0 Å². The number of fused-ring (bicyclic) bond motifs is 7. The van der Waals surface area contributed by atoms with E-state index in [1.54, 1.807) is 0 Å². The lowest BCUT2D eigenvalue weighted by Gasteiger charge is -2.60. The molecule has 0 N–H and O–H groups in total. The largest absolute Gasteiger partial charge is 0.374 e. The Morgan fingerprint density at radius 2 is 1.82 bits per heavy atom. The summed E-state index contributed by atoms with van der Waals surface area (Å²) >= 11 is 0. The molecule has 4 saturated carbocycles. The van der Waals surface area contributed by atoms with Crippen LogP contribution in [0.5, 0.6) is 0 Å². The number of ether oxygens (including phenoxy) is 1. The normalized spacial score (nSPS) is 55.1. The Balaban J connectivity index is 1.36. The van der Waals surface area contributed by atoms with Crippen molar-refractivity contribution in [1.29, 1.82) is 0 Å². The molecule has 0 amide bonds. The van der Waals surface area contributed by atoms with E-state index < -0.39 is 0 Å². The van der Waals surface area contributed by atoms with Crippen LogP contribution in [0.3, 0.4) is 0 Å². The van der Waals surface area contributed by atoms with E-state index in [1.165, 1.54) is 69.8 Å². The molecule has 0 aromatic rings. The van der Waals surface area contributed by atoms with Crippen LogP contribution in [0.1, 0.15) is 98.3 Å². The Morgan fingerprint density at radius 3 is 2.61 bits per heavy atom. The van der Waals surface area contributed by atoms with Crippen molar-refractivity contribution in [2.75, 3.05) is 0 Å². The molecule has 1 aliphatic heterocycles. The summed E-state index contributed by atoms with van der Waals surface area (Å²) in [6.07, 6.45) is 16.8. The van der Waals surface area contributed by atoms with E-state index in [1.807, 2.05) is 0 Å². The third-order valence-corrected chi connectivity index (χ3v) is 11.0. The first-order chi connectivity index (χ1) is 13.3. The Kier molecular flexibility index (Phi) is 4.81. The molecule has 5 rings (SSSR count). The monoisotopic (exact) mass is 384 g/mol. The maximum atomic E-state index is 6.78. The second-order valence-corrected chi connectivity index (χ2v) is 12.3. The van der Waals surface area contributed by atoms with Crippen LogP contribution in [0.25, 0.3) is 0 Å². The van der Waals surface area contributed by atoms with Crippen LogP contribution in [-0.2, 0) is 4.74 Å². The summed E-state index contributed by atoms with van der Waals surface area (Å²) in [5.41, 5.74) is 2.52. The predicted octanol–water partition coefficient (Wildman–Crippen LogP) is 7.41. The van der Waals surface area contributed by atoms with Crippen LogP contribution >= 0.6 is 0 Å². The second kappa shape index (κ2) is 6.86. The van der Waals surface area contributed by atoms with Crippen molar-refractivity contribution in [3.63, 3.8) is 0 Å². The maximum Gasteiger partial charge on any atom is 0.0618 e. The molecule has 0 bridgehead atoms. The molecule has 5 aliphatic rings. The highest BCUT2D eigenvalue weighted by Crippen LogP contribution is 2.70. The van der Waals surface area contributed by atoms with Gasteiger partial charge in [0.1, 0.15) is 0 Å². The van der Waals surface area contributed by atoms with Gasteiger partial charge in [-0.25, -0.2) is 0 Å². The Hall–Kier alpha value is -0.300. The fourth-order valence-corrected chi connectivity index (χ4v) is 9.70.